The summed E-state index contributed by atoms with van der Waals surface area (Å²) in [5.74, 6) is -1.03. The molecule has 3 rings (SSSR count). The van der Waals surface area contributed by atoms with Crippen LogP contribution in [0.3, 0.4) is 0 Å². The second-order valence-corrected chi connectivity index (χ2v) is 9.33. The number of hydrazine groups is 1. The Morgan fingerprint density at radius 1 is 1.00 bits per heavy atom. The van der Waals surface area contributed by atoms with Crippen LogP contribution in [-0.4, -0.2) is 65.1 Å². The molecule has 2 atom stereocenters. The predicted octanol–water partition coefficient (Wildman–Crippen LogP) is 2.63. The molecule has 2 heterocycles. The zero-order valence-corrected chi connectivity index (χ0v) is 20.7. The lowest BCUT2D eigenvalue weighted by Gasteiger charge is -2.28. The molecule has 0 aliphatic carbocycles. The van der Waals surface area contributed by atoms with Crippen LogP contribution in [0, 0.1) is 0 Å². The van der Waals surface area contributed by atoms with Crippen molar-refractivity contribution < 1.29 is 19.2 Å². The minimum Gasteiger partial charge on any atom is -0.343 e. The smallest absolute Gasteiger partial charge is 0.261 e. The maximum absolute atomic E-state index is 13.0. The average Bonchev–Trinajstić information content (AvgIpc) is 3.37. The van der Waals surface area contributed by atoms with Crippen molar-refractivity contribution in [2.75, 3.05) is 25.1 Å². The van der Waals surface area contributed by atoms with Gasteiger partial charge >= 0.3 is 0 Å². The van der Waals surface area contributed by atoms with Gasteiger partial charge < -0.3 is 15.1 Å². The van der Waals surface area contributed by atoms with E-state index in [0.29, 0.717) is 30.1 Å². The van der Waals surface area contributed by atoms with E-state index in [1.165, 1.54) is 4.90 Å². The molecule has 3 N–H and O–H groups in total. The van der Waals surface area contributed by atoms with Crippen LogP contribution in [0.25, 0.3) is 0 Å². The topological polar surface area (TPSA) is 111 Å². The Balaban J connectivity index is 1.51. The van der Waals surface area contributed by atoms with E-state index in [4.69, 9.17) is 11.6 Å². The minimum atomic E-state index is -0.849. The van der Waals surface area contributed by atoms with Crippen LogP contribution in [-0.2, 0) is 19.2 Å². The van der Waals surface area contributed by atoms with Gasteiger partial charge in [0.1, 0.15) is 12.1 Å². The number of rotatable bonds is 10. The molecule has 4 amide bonds. The number of halogens is 1. The molecule has 1 aromatic rings. The van der Waals surface area contributed by atoms with Crippen LogP contribution in [0.1, 0.15) is 51.4 Å². The van der Waals surface area contributed by atoms with Gasteiger partial charge in [0.2, 0.25) is 17.7 Å². The number of piperidine rings is 1. The standard InChI is InChI=1S/C25H34ClN5O4/c1-2-7-20(24(34)29-28-19-11-9-18(26)10-12-19)27-25(35)21-8-6-17-31(21)23(33)14-13-22(32)30-15-4-3-5-16-30/h2,9-12,20-21,28H,1,3-8,13-17H2,(H,27,35)(H,29,34)/t20-,21+/m1/s1. The third-order valence-corrected chi connectivity index (χ3v) is 6.60. The second-order valence-electron chi connectivity index (χ2n) is 8.89. The minimum absolute atomic E-state index is 0.00541. The van der Waals surface area contributed by atoms with Crippen molar-refractivity contribution in [2.24, 2.45) is 0 Å². The summed E-state index contributed by atoms with van der Waals surface area (Å²) >= 11 is 5.87. The fourth-order valence-corrected chi connectivity index (χ4v) is 4.54. The fraction of sp³-hybridized carbons (Fsp3) is 0.520. The molecule has 9 nitrogen and oxygen atoms in total. The number of benzene rings is 1. The average molecular weight is 504 g/mol. The number of likely N-dealkylation sites (tertiary alicyclic amines) is 2. The van der Waals surface area contributed by atoms with E-state index < -0.39 is 18.0 Å². The normalized spacial score (nSPS) is 18.5. The van der Waals surface area contributed by atoms with Crippen LogP contribution in [0.4, 0.5) is 5.69 Å². The number of nitrogens with one attached hydrogen (secondary N) is 3. The van der Waals surface area contributed by atoms with E-state index in [-0.39, 0.29) is 37.0 Å². The Kier molecular flexibility index (Phi) is 9.96. The number of anilines is 1. The van der Waals surface area contributed by atoms with Crippen molar-refractivity contribution in [1.82, 2.24) is 20.5 Å². The SMILES string of the molecule is C=CC[C@@H](NC(=O)[C@@H]1CCCN1C(=O)CCC(=O)N1CCCCC1)C(=O)NNc1ccc(Cl)cc1. The number of carbonyl (C=O) groups excluding carboxylic acids is 4. The lowest BCUT2D eigenvalue weighted by atomic mass is 10.1. The van der Waals surface area contributed by atoms with E-state index in [1.54, 1.807) is 30.3 Å². The first-order chi connectivity index (χ1) is 16.9. The highest BCUT2D eigenvalue weighted by atomic mass is 35.5. The van der Waals surface area contributed by atoms with Gasteiger partial charge in [0, 0.05) is 37.5 Å². The second kappa shape index (κ2) is 13.1. The first-order valence-corrected chi connectivity index (χ1v) is 12.6. The van der Waals surface area contributed by atoms with Gasteiger partial charge in [0.15, 0.2) is 0 Å². The first kappa shape index (κ1) is 26.5. The van der Waals surface area contributed by atoms with E-state index in [1.807, 2.05) is 4.90 Å². The van der Waals surface area contributed by atoms with Crippen LogP contribution >= 0.6 is 11.6 Å². The highest BCUT2D eigenvalue weighted by Crippen LogP contribution is 2.20. The monoisotopic (exact) mass is 503 g/mol. The Hall–Kier alpha value is -3.07. The summed E-state index contributed by atoms with van der Waals surface area (Å²) in [7, 11) is 0. The van der Waals surface area contributed by atoms with E-state index >= 15 is 0 Å². The number of amides is 4. The summed E-state index contributed by atoms with van der Waals surface area (Å²) in [4.78, 5) is 54.3. The first-order valence-electron chi connectivity index (χ1n) is 12.2. The van der Waals surface area contributed by atoms with Gasteiger partial charge in [-0.3, -0.25) is 30.0 Å². The molecular weight excluding hydrogens is 470 g/mol. The predicted molar refractivity (Wildman–Crippen MR) is 134 cm³/mol. The molecule has 2 aliphatic heterocycles. The third-order valence-electron chi connectivity index (χ3n) is 6.35. The molecule has 35 heavy (non-hydrogen) atoms. The van der Waals surface area contributed by atoms with E-state index in [0.717, 1.165) is 32.4 Å². The highest BCUT2D eigenvalue weighted by molar-refractivity contribution is 6.30. The lowest BCUT2D eigenvalue weighted by molar-refractivity contribution is -0.141. The highest BCUT2D eigenvalue weighted by Gasteiger charge is 2.35. The summed E-state index contributed by atoms with van der Waals surface area (Å²) in [5.41, 5.74) is 6.01. The van der Waals surface area contributed by atoms with Crippen molar-refractivity contribution in [3.8, 4) is 0 Å². The molecule has 0 aromatic heterocycles. The molecule has 1 aromatic carbocycles. The molecule has 2 aliphatic rings. The van der Waals surface area contributed by atoms with E-state index in [2.05, 4.69) is 22.7 Å². The lowest BCUT2D eigenvalue weighted by Crippen LogP contribution is -2.53. The molecule has 0 radical (unpaired) electrons. The Morgan fingerprint density at radius 3 is 2.37 bits per heavy atom. The molecule has 2 fully saturated rings. The van der Waals surface area contributed by atoms with Crippen molar-refractivity contribution in [2.45, 2.75) is 63.5 Å². The molecule has 0 spiro atoms. The van der Waals surface area contributed by atoms with Crippen molar-refractivity contribution in [3.05, 3.63) is 41.9 Å². The fourth-order valence-electron chi connectivity index (χ4n) is 4.42. The molecule has 190 valence electrons. The summed E-state index contributed by atoms with van der Waals surface area (Å²) in [6, 6.07) is 5.29. The Bertz CT molecular complexity index is 917. The summed E-state index contributed by atoms with van der Waals surface area (Å²) in [5, 5.41) is 3.33. The molecule has 2 saturated heterocycles. The number of carbonyl (C=O) groups is 4. The summed E-state index contributed by atoms with van der Waals surface area (Å²) in [6.45, 7) is 5.64. The Morgan fingerprint density at radius 2 is 1.69 bits per heavy atom. The van der Waals surface area contributed by atoms with Crippen LogP contribution in [0.15, 0.2) is 36.9 Å². The van der Waals surface area contributed by atoms with Crippen LogP contribution in [0.5, 0.6) is 0 Å². The maximum Gasteiger partial charge on any atom is 0.261 e. The summed E-state index contributed by atoms with van der Waals surface area (Å²) in [6.07, 6.45) is 6.37. The summed E-state index contributed by atoms with van der Waals surface area (Å²) < 4.78 is 0. The number of hydrogen-bond donors (Lipinski definition) is 3. The van der Waals surface area contributed by atoms with Crippen LogP contribution in [0.2, 0.25) is 5.02 Å². The number of nitrogens with zero attached hydrogens (tertiary/aromatic N) is 2. The van der Waals surface area contributed by atoms with Crippen molar-refractivity contribution in [3.63, 3.8) is 0 Å². The van der Waals surface area contributed by atoms with Gasteiger partial charge in [-0.1, -0.05) is 17.7 Å². The van der Waals surface area contributed by atoms with Gasteiger partial charge in [-0.2, -0.15) is 0 Å². The van der Waals surface area contributed by atoms with Crippen molar-refractivity contribution in [1.29, 1.82) is 0 Å². The van der Waals surface area contributed by atoms with Gasteiger partial charge in [0.05, 0.1) is 5.69 Å². The Labute approximate surface area is 211 Å². The van der Waals surface area contributed by atoms with Gasteiger partial charge in [-0.25, -0.2) is 0 Å². The number of hydrogen-bond acceptors (Lipinski definition) is 5. The molecule has 10 heteroatoms. The van der Waals surface area contributed by atoms with Gasteiger partial charge in [0.25, 0.3) is 5.91 Å². The van der Waals surface area contributed by atoms with E-state index in [9.17, 15) is 19.2 Å². The van der Waals surface area contributed by atoms with Gasteiger partial charge in [-0.05, 0) is 62.8 Å². The molecule has 0 saturated carbocycles. The third kappa shape index (κ3) is 7.71. The van der Waals surface area contributed by atoms with Gasteiger partial charge in [-0.15, -0.1) is 6.58 Å². The largest absolute Gasteiger partial charge is 0.343 e. The quantitative estimate of drug-likeness (QED) is 0.336. The van der Waals surface area contributed by atoms with Crippen molar-refractivity contribution >= 4 is 40.9 Å². The molecule has 0 bridgehead atoms. The zero-order valence-electron chi connectivity index (χ0n) is 19.9. The van der Waals surface area contributed by atoms with Crippen LogP contribution < -0.4 is 16.2 Å². The maximum atomic E-state index is 13.0. The molecule has 0 unspecified atom stereocenters. The zero-order chi connectivity index (χ0) is 25.2. The molecular formula is C25H34ClN5O4.